The molecule has 8 aromatic carbocycles. The van der Waals surface area contributed by atoms with Crippen LogP contribution in [0, 0.1) is 0 Å². The molecule has 0 N–H and O–H groups in total. The maximum atomic E-state index is 14.0. The average molecular weight is 1320 g/mol. The molecule has 16 atom stereocenters. The Morgan fingerprint density at radius 3 is 1.17 bits per heavy atom. The average Bonchev–Trinajstić information content (AvgIpc) is 0.767. The van der Waals surface area contributed by atoms with Gasteiger partial charge in [-0.2, -0.15) is 0 Å². The Morgan fingerprint density at radius 1 is 0.406 bits per heavy atom. The minimum Gasteiger partial charge on any atom is -0.374 e. The third kappa shape index (κ3) is 19.2. The van der Waals surface area contributed by atoms with Gasteiger partial charge < -0.3 is 71.1 Å². The molecule has 0 spiro atoms. The van der Waals surface area contributed by atoms with Gasteiger partial charge in [-0.05, 0) is 38.9 Å². The van der Waals surface area contributed by atoms with E-state index in [0.29, 0.717) is 6.61 Å². The topological polar surface area (TPSA) is 156 Å². The van der Waals surface area contributed by atoms with E-state index in [-0.39, 0.29) is 71.2 Å². The largest absolute Gasteiger partial charge is 0.374 e. The molecule has 4 saturated heterocycles. The molecular weight excluding hydrogens is 1240 g/mol. The Kier molecular flexibility index (Phi) is 25.8. The standard InChI is InChI=1S/C79H84O16S/c1-3-44-83-77-73(70(86-49-60-36-20-8-21-37-60)67(84-47-58-32-16-6-17-33-58)64(90-77)52-81-45-56-28-12-4-13-29-56)94-78-74(71(87-50-61-38-22-9-23-39-61)68(85-48-59-34-18-7-19-35-59)65(91-78)53-82-46-57-30-14-5-15-31-57)95-79-75(96-55(2)80)72(88-51-62-40-24-10-25-41-62)69-66(92-79)54-89-76(93-69)63-42-26-11-27-43-63/h3-43,64-79H,1,44-54H2,2H3/t64-,65-,66-,67-,68-,69-,70+,71+,72+,73+,74+,75+,76-,77-,78+,79+/m1/s1. The normalized spacial score (nSPS) is 27.3. The predicted octanol–water partition coefficient (Wildman–Crippen LogP) is 13.3. The molecule has 4 aliphatic rings. The first-order valence-electron chi connectivity index (χ1n) is 32.9. The third-order valence-electron chi connectivity index (χ3n) is 17.0. The summed E-state index contributed by atoms with van der Waals surface area (Å²) in [5, 5.41) is -1.08. The second kappa shape index (κ2) is 36.0. The van der Waals surface area contributed by atoms with E-state index in [1.54, 1.807) is 6.08 Å². The number of ether oxygens (including phenoxy) is 15. The highest BCUT2D eigenvalue weighted by Gasteiger charge is 2.58. The van der Waals surface area contributed by atoms with Crippen LogP contribution in [-0.4, -0.2) is 123 Å². The van der Waals surface area contributed by atoms with Crippen LogP contribution in [0.2, 0.25) is 0 Å². The molecule has 4 fully saturated rings. The number of carbonyl (C=O) groups excluding carboxylic acids is 1. The third-order valence-corrected chi connectivity index (χ3v) is 18.1. The molecule has 0 aliphatic carbocycles. The van der Waals surface area contributed by atoms with E-state index < -0.39 is 97.6 Å². The lowest BCUT2D eigenvalue weighted by molar-refractivity contribution is -0.401. The zero-order valence-electron chi connectivity index (χ0n) is 53.8. The quantitative estimate of drug-likeness (QED) is 0.0367. The summed E-state index contributed by atoms with van der Waals surface area (Å²) in [5.74, 6) is 0. The van der Waals surface area contributed by atoms with E-state index in [2.05, 4.69) is 6.58 Å². The first kappa shape index (κ1) is 68.8. The second-order valence-corrected chi connectivity index (χ2v) is 25.4. The van der Waals surface area contributed by atoms with Crippen molar-refractivity contribution in [3.05, 3.63) is 300 Å². The second-order valence-electron chi connectivity index (χ2n) is 24.0. The number of rotatable bonds is 32. The molecule has 4 aliphatic heterocycles. The number of carbonyl (C=O) groups is 1. The van der Waals surface area contributed by atoms with Crippen molar-refractivity contribution in [1.82, 2.24) is 0 Å². The van der Waals surface area contributed by atoms with Crippen LogP contribution in [0.3, 0.4) is 0 Å². The lowest BCUT2D eigenvalue weighted by Crippen LogP contribution is -2.68. The minimum atomic E-state index is -1.41. The first-order chi connectivity index (χ1) is 47.4. The molecule has 0 saturated carbocycles. The molecule has 0 bridgehead atoms. The van der Waals surface area contributed by atoms with Crippen LogP contribution >= 0.6 is 11.8 Å². The highest BCUT2D eigenvalue weighted by molar-refractivity contribution is 8.14. The molecule has 502 valence electrons. The number of fused-ring (bicyclic) bond motifs is 1. The molecule has 0 unspecified atom stereocenters. The molecule has 8 aromatic rings. The van der Waals surface area contributed by atoms with Crippen LogP contribution in [0.25, 0.3) is 0 Å². The molecule has 0 aromatic heterocycles. The lowest BCUT2D eigenvalue weighted by Gasteiger charge is -2.52. The predicted molar refractivity (Wildman–Crippen MR) is 361 cm³/mol. The Bertz CT molecular complexity index is 3520. The molecule has 16 nitrogen and oxygen atoms in total. The van der Waals surface area contributed by atoms with Gasteiger partial charge in [0.1, 0.15) is 67.1 Å². The Labute approximate surface area is 566 Å². The monoisotopic (exact) mass is 1320 g/mol. The Hall–Kier alpha value is -7.08. The van der Waals surface area contributed by atoms with Crippen LogP contribution in [0.4, 0.5) is 0 Å². The number of hydrogen-bond donors (Lipinski definition) is 0. The number of benzene rings is 8. The summed E-state index contributed by atoms with van der Waals surface area (Å²) >= 11 is 1.05. The Morgan fingerprint density at radius 2 is 0.760 bits per heavy atom. The van der Waals surface area contributed by atoms with Crippen molar-refractivity contribution in [2.24, 2.45) is 0 Å². The first-order valence-corrected chi connectivity index (χ1v) is 33.8. The van der Waals surface area contributed by atoms with Crippen molar-refractivity contribution in [2.75, 3.05) is 26.4 Å². The van der Waals surface area contributed by atoms with Gasteiger partial charge in [0, 0.05) is 12.5 Å². The zero-order chi connectivity index (χ0) is 65.5. The number of hydrogen-bond acceptors (Lipinski definition) is 17. The zero-order valence-corrected chi connectivity index (χ0v) is 54.7. The summed E-state index contributed by atoms with van der Waals surface area (Å²) in [4.78, 5) is 14.0. The van der Waals surface area contributed by atoms with E-state index >= 15 is 0 Å². The van der Waals surface area contributed by atoms with Crippen molar-refractivity contribution < 1.29 is 75.8 Å². The van der Waals surface area contributed by atoms with Gasteiger partial charge in [0.2, 0.25) is 0 Å². The van der Waals surface area contributed by atoms with E-state index in [1.807, 2.05) is 243 Å². The van der Waals surface area contributed by atoms with Gasteiger partial charge in [-0.15, -0.1) is 6.58 Å². The van der Waals surface area contributed by atoms with Gasteiger partial charge in [-0.3, -0.25) is 4.79 Å². The summed E-state index contributed by atoms with van der Waals surface area (Å²) in [7, 11) is 0. The fraction of sp³-hybridized carbons (Fsp3) is 0.354. The van der Waals surface area contributed by atoms with Crippen molar-refractivity contribution in [3.8, 4) is 0 Å². The van der Waals surface area contributed by atoms with Gasteiger partial charge in [0.15, 0.2) is 30.3 Å². The summed E-state index contributed by atoms with van der Waals surface area (Å²) < 4.78 is 107. The molecule has 4 heterocycles. The van der Waals surface area contributed by atoms with Gasteiger partial charge in [0.05, 0.1) is 77.9 Å². The van der Waals surface area contributed by atoms with Crippen molar-refractivity contribution in [3.63, 3.8) is 0 Å². The summed E-state index contributed by atoms with van der Waals surface area (Å²) in [6, 6.07) is 79.1. The highest BCUT2D eigenvalue weighted by Crippen LogP contribution is 2.44. The maximum absolute atomic E-state index is 14.0. The Balaban J connectivity index is 0.977. The van der Waals surface area contributed by atoms with E-state index in [9.17, 15) is 4.79 Å². The fourth-order valence-electron chi connectivity index (χ4n) is 12.3. The molecule has 96 heavy (non-hydrogen) atoms. The van der Waals surface area contributed by atoms with E-state index in [1.165, 1.54) is 6.92 Å². The van der Waals surface area contributed by atoms with Gasteiger partial charge in [0.25, 0.3) is 0 Å². The van der Waals surface area contributed by atoms with Crippen LogP contribution in [-0.2, 0) is 122 Å². The SMILES string of the molecule is C=CCO[C@@H]1O[C@H](COCc2ccccc2)[C@@H](OCc2ccccc2)[C@H](OCc2ccccc2)[C@@H]1O[C@@H]1O[C@H](COCc2ccccc2)[C@@H](OCc2ccccc2)[C@H](OCc2ccccc2)[C@@H]1O[C@@H]1O[C@@H]2CO[C@@H](c3ccccc3)O[C@H]2[C@H](OCc2ccccc2)[C@@H]1SC(C)=O. The highest BCUT2D eigenvalue weighted by atomic mass is 32.2. The fourth-order valence-corrected chi connectivity index (χ4v) is 13.3. The van der Waals surface area contributed by atoms with Crippen LogP contribution in [0.1, 0.15) is 57.7 Å². The summed E-state index contributed by atoms with van der Waals surface area (Å²) in [5.41, 5.74) is 7.30. The lowest BCUT2D eigenvalue weighted by atomic mass is 9.95. The molecule has 0 amide bonds. The van der Waals surface area contributed by atoms with Gasteiger partial charge in [-0.25, -0.2) is 0 Å². The number of thioether (sulfide) groups is 1. The maximum Gasteiger partial charge on any atom is 0.187 e. The van der Waals surface area contributed by atoms with E-state index in [4.69, 9.17) is 71.1 Å². The molecule has 12 rings (SSSR count). The molecule has 17 heteroatoms. The van der Waals surface area contributed by atoms with Gasteiger partial charge in [-0.1, -0.05) is 260 Å². The van der Waals surface area contributed by atoms with Crippen molar-refractivity contribution in [1.29, 1.82) is 0 Å². The van der Waals surface area contributed by atoms with Crippen LogP contribution in [0.15, 0.2) is 255 Å². The molecular formula is C79H84O16S. The van der Waals surface area contributed by atoms with Crippen LogP contribution < -0.4 is 0 Å². The van der Waals surface area contributed by atoms with Gasteiger partial charge >= 0.3 is 0 Å². The van der Waals surface area contributed by atoms with Crippen molar-refractivity contribution >= 4 is 16.9 Å². The minimum absolute atomic E-state index is 0.0143. The summed E-state index contributed by atoms with van der Waals surface area (Å²) in [6.07, 6.45) is -13.1. The summed E-state index contributed by atoms with van der Waals surface area (Å²) in [6.45, 7) is 7.16. The van der Waals surface area contributed by atoms with E-state index in [0.717, 1.165) is 56.3 Å². The molecule has 0 radical (unpaired) electrons. The van der Waals surface area contributed by atoms with Crippen LogP contribution in [0.5, 0.6) is 0 Å². The smallest absolute Gasteiger partial charge is 0.187 e. The van der Waals surface area contributed by atoms with Crippen molar-refractivity contribution in [2.45, 2.75) is 151 Å².